The summed E-state index contributed by atoms with van der Waals surface area (Å²) in [5.74, 6) is -0.0358. The summed E-state index contributed by atoms with van der Waals surface area (Å²) in [4.78, 5) is 0. The van der Waals surface area contributed by atoms with E-state index in [0.29, 0.717) is 6.54 Å². The predicted molar refractivity (Wildman–Crippen MR) is 52.0 cm³/mol. The number of nitrogens with zero attached hydrogens (tertiary/aromatic N) is 2. The molecule has 1 aromatic carbocycles. The molecule has 0 amide bonds. The van der Waals surface area contributed by atoms with Gasteiger partial charge in [-0.25, -0.2) is 0 Å². The molecule has 3 nitrogen and oxygen atoms in total. The van der Waals surface area contributed by atoms with Gasteiger partial charge in [-0.15, -0.1) is 0 Å². The van der Waals surface area contributed by atoms with Crippen molar-refractivity contribution < 1.29 is 5.11 Å². The van der Waals surface area contributed by atoms with E-state index < -0.39 is 0 Å². The first-order valence-electron chi connectivity index (χ1n) is 4.51. The van der Waals surface area contributed by atoms with E-state index in [1.807, 2.05) is 37.3 Å². The van der Waals surface area contributed by atoms with Crippen molar-refractivity contribution >= 4 is 0 Å². The van der Waals surface area contributed by atoms with Gasteiger partial charge in [-0.3, -0.25) is 4.68 Å². The Morgan fingerprint density at radius 1 is 1.29 bits per heavy atom. The van der Waals surface area contributed by atoms with Gasteiger partial charge in [0.1, 0.15) is 0 Å². The molecule has 3 heteroatoms. The zero-order valence-electron chi connectivity index (χ0n) is 7.97. The Kier molecular flexibility index (Phi) is 2.23. The highest BCUT2D eigenvalue weighted by Crippen LogP contribution is 2.10. The van der Waals surface area contributed by atoms with Crippen LogP contribution in [0, 0.1) is 6.92 Å². The molecule has 0 atom stereocenters. The topological polar surface area (TPSA) is 40.9 Å². The van der Waals surface area contributed by atoms with Crippen LogP contribution in [0.25, 0.3) is 0 Å². The molecular formula is C11H11N2O-. The van der Waals surface area contributed by atoms with E-state index >= 15 is 0 Å². The van der Waals surface area contributed by atoms with E-state index in [2.05, 4.69) is 5.10 Å². The summed E-state index contributed by atoms with van der Waals surface area (Å²) in [6, 6.07) is 11.4. The summed E-state index contributed by atoms with van der Waals surface area (Å²) in [5, 5.41) is 15.5. The Labute approximate surface area is 82.6 Å². The van der Waals surface area contributed by atoms with Crippen molar-refractivity contribution in [2.75, 3.05) is 0 Å². The van der Waals surface area contributed by atoms with Crippen LogP contribution >= 0.6 is 0 Å². The van der Waals surface area contributed by atoms with Crippen molar-refractivity contribution in [2.24, 2.45) is 0 Å². The van der Waals surface area contributed by atoms with E-state index in [0.717, 1.165) is 11.3 Å². The molecule has 0 bridgehead atoms. The lowest BCUT2D eigenvalue weighted by atomic mass is 10.2. The van der Waals surface area contributed by atoms with Crippen LogP contribution in [0.3, 0.4) is 0 Å². The first kappa shape index (κ1) is 8.81. The molecule has 2 aromatic rings. The normalized spacial score (nSPS) is 10.4. The number of benzene rings is 1. The van der Waals surface area contributed by atoms with E-state index in [9.17, 15) is 5.11 Å². The van der Waals surface area contributed by atoms with Crippen LogP contribution in [0.15, 0.2) is 36.4 Å². The monoisotopic (exact) mass is 187 g/mol. The molecule has 0 aliphatic heterocycles. The van der Waals surface area contributed by atoms with Crippen LogP contribution in [-0.4, -0.2) is 9.78 Å². The third kappa shape index (κ3) is 1.76. The fraction of sp³-hybridized carbons (Fsp3) is 0.182. The fourth-order valence-electron chi connectivity index (χ4n) is 1.39. The van der Waals surface area contributed by atoms with Gasteiger partial charge in [-0.2, -0.15) is 5.10 Å². The molecule has 0 saturated carbocycles. The highest BCUT2D eigenvalue weighted by molar-refractivity contribution is 5.18. The molecule has 0 fully saturated rings. The minimum Gasteiger partial charge on any atom is -0.859 e. The lowest BCUT2D eigenvalue weighted by molar-refractivity contribution is -0.279. The Morgan fingerprint density at radius 3 is 2.57 bits per heavy atom. The zero-order valence-corrected chi connectivity index (χ0v) is 7.97. The van der Waals surface area contributed by atoms with Crippen LogP contribution in [0.1, 0.15) is 11.3 Å². The fourth-order valence-corrected chi connectivity index (χ4v) is 1.39. The van der Waals surface area contributed by atoms with Gasteiger partial charge in [-0.1, -0.05) is 30.3 Å². The largest absolute Gasteiger partial charge is 0.859 e. The molecule has 0 saturated heterocycles. The minimum atomic E-state index is -0.0358. The summed E-state index contributed by atoms with van der Waals surface area (Å²) in [5.41, 5.74) is 1.86. The summed E-state index contributed by atoms with van der Waals surface area (Å²) >= 11 is 0. The number of aryl methyl sites for hydroxylation is 1. The zero-order chi connectivity index (χ0) is 9.97. The number of rotatable bonds is 2. The second-order valence-electron chi connectivity index (χ2n) is 3.27. The van der Waals surface area contributed by atoms with Gasteiger partial charge in [0, 0.05) is 0 Å². The average molecular weight is 187 g/mol. The molecule has 0 spiro atoms. The lowest BCUT2D eigenvalue weighted by Gasteiger charge is -2.09. The number of hydrogen-bond acceptors (Lipinski definition) is 2. The second kappa shape index (κ2) is 3.54. The van der Waals surface area contributed by atoms with Gasteiger partial charge in [0.25, 0.3) is 0 Å². The van der Waals surface area contributed by atoms with Gasteiger partial charge >= 0.3 is 0 Å². The molecule has 1 heterocycles. The molecule has 0 radical (unpaired) electrons. The van der Waals surface area contributed by atoms with E-state index in [1.165, 1.54) is 4.68 Å². The second-order valence-corrected chi connectivity index (χ2v) is 3.27. The quantitative estimate of drug-likeness (QED) is 0.711. The van der Waals surface area contributed by atoms with E-state index in [-0.39, 0.29) is 5.88 Å². The molecule has 0 unspecified atom stereocenters. The maximum Gasteiger partial charge on any atom is 0.0652 e. The van der Waals surface area contributed by atoms with Gasteiger partial charge < -0.3 is 5.11 Å². The SMILES string of the molecule is Cc1cc([O-])n(Cc2ccccc2)n1. The number of aromatic nitrogens is 2. The van der Waals surface area contributed by atoms with E-state index in [1.54, 1.807) is 6.07 Å². The molecule has 1 aromatic heterocycles. The van der Waals surface area contributed by atoms with Crippen LogP contribution in [0.2, 0.25) is 0 Å². The first-order chi connectivity index (χ1) is 6.75. The molecular weight excluding hydrogens is 176 g/mol. The summed E-state index contributed by atoms with van der Waals surface area (Å²) in [6.07, 6.45) is 0. The Morgan fingerprint density at radius 2 is 2.00 bits per heavy atom. The van der Waals surface area contributed by atoms with Crippen LogP contribution in [0.5, 0.6) is 5.88 Å². The van der Waals surface area contributed by atoms with Crippen molar-refractivity contribution in [1.82, 2.24) is 9.78 Å². The van der Waals surface area contributed by atoms with Crippen molar-refractivity contribution in [2.45, 2.75) is 13.5 Å². The highest BCUT2D eigenvalue weighted by atomic mass is 16.3. The van der Waals surface area contributed by atoms with E-state index in [4.69, 9.17) is 0 Å². The van der Waals surface area contributed by atoms with Crippen LogP contribution < -0.4 is 5.11 Å². The summed E-state index contributed by atoms with van der Waals surface area (Å²) in [6.45, 7) is 2.37. The predicted octanol–water partition coefficient (Wildman–Crippen LogP) is 1.31. The number of hydrogen-bond donors (Lipinski definition) is 0. The van der Waals surface area contributed by atoms with Crippen LogP contribution in [0.4, 0.5) is 0 Å². The Hall–Kier alpha value is -1.77. The van der Waals surface area contributed by atoms with Gasteiger partial charge in [0.05, 0.1) is 12.2 Å². The van der Waals surface area contributed by atoms with Gasteiger partial charge in [-0.05, 0) is 24.4 Å². The lowest BCUT2D eigenvalue weighted by Crippen LogP contribution is -2.06. The Bertz CT molecular complexity index is 420. The standard InChI is InChI=1S/C11H12N2O/c1-9-7-11(14)13(12-9)8-10-5-3-2-4-6-10/h2-7,14H,8H2,1H3/p-1. The highest BCUT2D eigenvalue weighted by Gasteiger charge is 1.97. The van der Waals surface area contributed by atoms with Crippen molar-refractivity contribution in [1.29, 1.82) is 0 Å². The maximum absolute atomic E-state index is 11.3. The molecule has 0 aliphatic rings. The van der Waals surface area contributed by atoms with Gasteiger partial charge in [0.15, 0.2) is 0 Å². The van der Waals surface area contributed by atoms with Crippen LogP contribution in [-0.2, 0) is 6.54 Å². The first-order valence-corrected chi connectivity index (χ1v) is 4.51. The molecule has 2 rings (SSSR count). The average Bonchev–Trinajstić information content (AvgIpc) is 2.47. The molecule has 72 valence electrons. The summed E-state index contributed by atoms with van der Waals surface area (Å²) in [7, 11) is 0. The molecule has 0 aliphatic carbocycles. The molecule has 0 N–H and O–H groups in total. The van der Waals surface area contributed by atoms with Crippen molar-refractivity contribution in [3.05, 3.63) is 47.7 Å². The maximum atomic E-state index is 11.3. The minimum absolute atomic E-state index is 0.0358. The smallest absolute Gasteiger partial charge is 0.0652 e. The van der Waals surface area contributed by atoms with Gasteiger partial charge in [0.2, 0.25) is 0 Å². The third-order valence-electron chi connectivity index (χ3n) is 2.04. The third-order valence-corrected chi connectivity index (χ3v) is 2.04. The Balaban J connectivity index is 2.23. The summed E-state index contributed by atoms with van der Waals surface area (Å²) < 4.78 is 1.48. The molecule has 14 heavy (non-hydrogen) atoms. The van der Waals surface area contributed by atoms with Crippen molar-refractivity contribution in [3.63, 3.8) is 0 Å². The van der Waals surface area contributed by atoms with Crippen molar-refractivity contribution in [3.8, 4) is 5.88 Å².